The van der Waals surface area contributed by atoms with Crippen molar-refractivity contribution in [3.63, 3.8) is 0 Å². The summed E-state index contributed by atoms with van der Waals surface area (Å²) in [4.78, 5) is 16.4. The number of carbonyl (C=O) groups excluding carboxylic acids is 1. The number of rotatable bonds is 7. The van der Waals surface area contributed by atoms with Crippen LogP contribution in [-0.2, 0) is 4.79 Å². The Bertz CT molecular complexity index is 1090. The van der Waals surface area contributed by atoms with E-state index in [1.54, 1.807) is 30.6 Å². The molecule has 2 heterocycles. The topological polar surface area (TPSA) is 90.1 Å². The number of benzene rings is 2. The molecule has 1 amide bonds. The number of hydrogen-bond acceptors (Lipinski definition) is 7. The van der Waals surface area contributed by atoms with Gasteiger partial charge in [-0.25, -0.2) is 0 Å². The average Bonchev–Trinajstić information content (AvgIpc) is 3.24. The van der Waals surface area contributed by atoms with E-state index in [1.807, 2.05) is 48.5 Å². The molecule has 2 aromatic carbocycles. The van der Waals surface area contributed by atoms with E-state index in [1.165, 1.54) is 0 Å². The molecule has 8 heteroatoms. The second kappa shape index (κ2) is 9.03. The Morgan fingerprint density at radius 3 is 2.66 bits per heavy atom. The third-order valence-electron chi connectivity index (χ3n) is 3.77. The lowest BCUT2D eigenvalue weighted by atomic mass is 10.3. The van der Waals surface area contributed by atoms with Crippen molar-refractivity contribution in [2.45, 2.75) is 5.22 Å². The number of thioether (sulfide) groups is 1. The Hall–Kier alpha value is -3.65. The highest BCUT2D eigenvalue weighted by Crippen LogP contribution is 2.29. The van der Waals surface area contributed by atoms with Crippen LogP contribution < -0.4 is 10.1 Å². The van der Waals surface area contributed by atoms with Gasteiger partial charge in [0, 0.05) is 12.4 Å². The van der Waals surface area contributed by atoms with E-state index in [-0.39, 0.29) is 11.7 Å². The molecule has 0 aliphatic rings. The minimum atomic E-state index is -0.208. The van der Waals surface area contributed by atoms with Gasteiger partial charge >= 0.3 is 0 Å². The maximum Gasteiger partial charge on any atom is 0.277 e. The molecule has 7 nitrogen and oxygen atoms in total. The fraction of sp³-hybridized carbons (Fsp3) is 0.0476. The number of amides is 1. The zero-order valence-corrected chi connectivity index (χ0v) is 16.0. The fourth-order valence-corrected chi connectivity index (χ4v) is 3.03. The number of ether oxygens (including phenoxy) is 1. The maximum absolute atomic E-state index is 12.4. The second-order valence-electron chi connectivity index (χ2n) is 5.86. The van der Waals surface area contributed by atoms with Crippen LogP contribution in [0.25, 0.3) is 11.5 Å². The molecule has 0 radical (unpaired) electrons. The molecule has 4 rings (SSSR count). The van der Waals surface area contributed by atoms with E-state index in [0.717, 1.165) is 17.3 Å². The molecule has 2 aromatic heterocycles. The van der Waals surface area contributed by atoms with Gasteiger partial charge in [0.15, 0.2) is 5.75 Å². The minimum absolute atomic E-state index is 0.119. The van der Waals surface area contributed by atoms with E-state index in [9.17, 15) is 4.79 Å². The largest absolute Gasteiger partial charge is 0.455 e. The van der Waals surface area contributed by atoms with Crippen LogP contribution >= 0.6 is 11.8 Å². The number of pyridine rings is 1. The third-order valence-corrected chi connectivity index (χ3v) is 4.59. The lowest BCUT2D eigenvalue weighted by Gasteiger charge is -2.11. The van der Waals surface area contributed by atoms with Crippen LogP contribution in [0, 0.1) is 0 Å². The first-order chi connectivity index (χ1) is 14.3. The van der Waals surface area contributed by atoms with Gasteiger partial charge in [-0.05, 0) is 36.4 Å². The minimum Gasteiger partial charge on any atom is -0.455 e. The second-order valence-corrected chi connectivity index (χ2v) is 6.79. The van der Waals surface area contributed by atoms with Gasteiger partial charge in [-0.1, -0.05) is 42.1 Å². The number of nitrogens with one attached hydrogen (secondary N) is 1. The Balaban J connectivity index is 1.36. The summed E-state index contributed by atoms with van der Waals surface area (Å²) < 4.78 is 11.4. The fourth-order valence-electron chi connectivity index (χ4n) is 2.46. The number of para-hydroxylation sites is 3. The smallest absolute Gasteiger partial charge is 0.277 e. The van der Waals surface area contributed by atoms with Gasteiger partial charge < -0.3 is 14.5 Å². The lowest BCUT2D eigenvalue weighted by molar-refractivity contribution is -0.113. The van der Waals surface area contributed by atoms with Gasteiger partial charge in [-0.2, -0.15) is 0 Å². The van der Waals surface area contributed by atoms with Crippen molar-refractivity contribution in [2.24, 2.45) is 0 Å². The van der Waals surface area contributed by atoms with Crippen molar-refractivity contribution in [2.75, 3.05) is 11.1 Å². The summed E-state index contributed by atoms with van der Waals surface area (Å²) >= 11 is 1.16. The van der Waals surface area contributed by atoms with Crippen molar-refractivity contribution in [1.82, 2.24) is 15.2 Å². The van der Waals surface area contributed by atoms with Crippen LogP contribution in [0.4, 0.5) is 5.69 Å². The first-order valence-corrected chi connectivity index (χ1v) is 9.75. The zero-order valence-electron chi connectivity index (χ0n) is 15.2. The summed E-state index contributed by atoms with van der Waals surface area (Å²) in [7, 11) is 0. The van der Waals surface area contributed by atoms with E-state index in [2.05, 4.69) is 20.5 Å². The van der Waals surface area contributed by atoms with Gasteiger partial charge in [0.05, 0.1) is 17.0 Å². The van der Waals surface area contributed by atoms with Gasteiger partial charge in [-0.3, -0.25) is 9.78 Å². The molecule has 0 saturated carbocycles. The molecule has 0 saturated heterocycles. The van der Waals surface area contributed by atoms with Crippen LogP contribution in [0.1, 0.15) is 0 Å². The number of hydrogen-bond donors (Lipinski definition) is 1. The first kappa shape index (κ1) is 18.7. The molecule has 1 N–H and O–H groups in total. The van der Waals surface area contributed by atoms with E-state index in [0.29, 0.717) is 28.3 Å². The summed E-state index contributed by atoms with van der Waals surface area (Å²) in [5, 5.41) is 11.1. The SMILES string of the molecule is O=C(CSc1nnc(-c2cccnc2)o1)Nc1ccccc1Oc1ccccc1. The van der Waals surface area contributed by atoms with Crippen molar-refractivity contribution in [3.8, 4) is 23.0 Å². The maximum atomic E-state index is 12.4. The Kier molecular flexibility index (Phi) is 5.82. The molecule has 0 spiro atoms. The zero-order chi connectivity index (χ0) is 19.9. The number of nitrogens with zero attached hydrogens (tertiary/aromatic N) is 3. The highest BCUT2D eigenvalue weighted by atomic mass is 32.2. The van der Waals surface area contributed by atoms with Gasteiger partial charge in [0.1, 0.15) is 5.75 Å². The molecule has 0 aliphatic heterocycles. The average molecular weight is 404 g/mol. The van der Waals surface area contributed by atoms with Crippen molar-refractivity contribution in [3.05, 3.63) is 79.1 Å². The monoisotopic (exact) mass is 404 g/mol. The Morgan fingerprint density at radius 2 is 1.83 bits per heavy atom. The molecular weight excluding hydrogens is 388 g/mol. The number of anilines is 1. The molecule has 0 bridgehead atoms. The molecule has 0 aliphatic carbocycles. The molecule has 144 valence electrons. The first-order valence-electron chi connectivity index (χ1n) is 8.76. The summed E-state index contributed by atoms with van der Waals surface area (Å²) in [6, 6.07) is 20.3. The quantitative estimate of drug-likeness (QED) is 0.448. The van der Waals surface area contributed by atoms with E-state index >= 15 is 0 Å². The summed E-state index contributed by atoms with van der Waals surface area (Å²) in [5.41, 5.74) is 1.31. The van der Waals surface area contributed by atoms with Crippen molar-refractivity contribution in [1.29, 1.82) is 0 Å². The van der Waals surface area contributed by atoms with Crippen LogP contribution in [0.5, 0.6) is 11.5 Å². The highest BCUT2D eigenvalue weighted by molar-refractivity contribution is 7.99. The van der Waals surface area contributed by atoms with Gasteiger partial charge in [-0.15, -0.1) is 10.2 Å². The molecule has 0 atom stereocenters. The van der Waals surface area contributed by atoms with Crippen LogP contribution in [0.3, 0.4) is 0 Å². The van der Waals surface area contributed by atoms with Crippen molar-refractivity contribution < 1.29 is 13.9 Å². The van der Waals surface area contributed by atoms with Gasteiger partial charge in [0.25, 0.3) is 5.22 Å². The predicted molar refractivity (Wildman–Crippen MR) is 110 cm³/mol. The summed E-state index contributed by atoms with van der Waals surface area (Å²) in [5.74, 6) is 1.53. The number of carbonyl (C=O) groups is 1. The third kappa shape index (κ3) is 4.99. The molecular formula is C21H16N4O3S. The predicted octanol–water partition coefficient (Wildman–Crippen LogP) is 4.65. The van der Waals surface area contributed by atoms with Crippen LogP contribution in [0.15, 0.2) is 88.8 Å². The lowest BCUT2D eigenvalue weighted by Crippen LogP contribution is -2.14. The van der Waals surface area contributed by atoms with Crippen LogP contribution in [-0.4, -0.2) is 26.8 Å². The molecule has 4 aromatic rings. The van der Waals surface area contributed by atoms with Crippen LogP contribution in [0.2, 0.25) is 0 Å². The Labute approximate surface area is 171 Å². The molecule has 29 heavy (non-hydrogen) atoms. The molecule has 0 fully saturated rings. The Morgan fingerprint density at radius 1 is 1.00 bits per heavy atom. The van der Waals surface area contributed by atoms with E-state index in [4.69, 9.17) is 9.15 Å². The molecule has 0 unspecified atom stereocenters. The van der Waals surface area contributed by atoms with E-state index < -0.39 is 0 Å². The standard InChI is InChI=1S/C21H16N4O3S/c26-19(14-29-21-25-24-20(28-21)15-7-6-12-22-13-15)23-17-10-4-5-11-18(17)27-16-8-2-1-3-9-16/h1-13H,14H2,(H,23,26). The normalized spacial score (nSPS) is 10.5. The highest BCUT2D eigenvalue weighted by Gasteiger charge is 2.13. The summed E-state index contributed by atoms with van der Waals surface area (Å²) in [6.45, 7) is 0. The number of aromatic nitrogens is 3. The van der Waals surface area contributed by atoms with Crippen molar-refractivity contribution >= 4 is 23.4 Å². The summed E-state index contributed by atoms with van der Waals surface area (Å²) in [6.07, 6.45) is 3.30. The van der Waals surface area contributed by atoms with Gasteiger partial charge in [0.2, 0.25) is 11.8 Å².